The van der Waals surface area contributed by atoms with Crippen LogP contribution in [0.4, 0.5) is 5.69 Å². The Kier molecular flexibility index (Phi) is 4.24. The fraction of sp³-hybridized carbons (Fsp3) is 0.538. The van der Waals surface area contributed by atoms with Crippen molar-refractivity contribution in [2.24, 2.45) is 0 Å². The van der Waals surface area contributed by atoms with Crippen molar-refractivity contribution in [2.75, 3.05) is 24.7 Å². The summed E-state index contributed by atoms with van der Waals surface area (Å²) in [5.41, 5.74) is 0.995. The second-order valence-corrected chi connectivity index (χ2v) is 6.83. The summed E-state index contributed by atoms with van der Waals surface area (Å²) in [5.74, 6) is 0. The second-order valence-electron chi connectivity index (χ2n) is 4.82. The molecule has 0 spiro atoms. The largest absolute Gasteiger partial charge is 0.382 e. The lowest BCUT2D eigenvalue weighted by atomic mass is 10.1. The van der Waals surface area contributed by atoms with Crippen LogP contribution in [0.5, 0.6) is 0 Å². The lowest BCUT2D eigenvalue weighted by Gasteiger charge is -2.17. The molecular weight excluding hydrogens is 248 g/mol. The van der Waals surface area contributed by atoms with E-state index in [0.717, 1.165) is 31.6 Å². The Hall–Kier alpha value is -1.07. The number of hydrogen-bond donors (Lipinski definition) is 2. The predicted octanol–water partition coefficient (Wildman–Crippen LogP) is 1.64. The average Bonchev–Trinajstić information content (AvgIpc) is 2.57. The van der Waals surface area contributed by atoms with Crippen LogP contribution >= 0.6 is 0 Å². The lowest BCUT2D eigenvalue weighted by Crippen LogP contribution is -2.21. The topological polar surface area (TPSA) is 58.2 Å². The van der Waals surface area contributed by atoms with Gasteiger partial charge in [-0.3, -0.25) is 0 Å². The maximum atomic E-state index is 11.4. The summed E-state index contributed by atoms with van der Waals surface area (Å²) in [6, 6.07) is 7.48. The molecule has 1 aromatic rings. The molecule has 1 aliphatic rings. The molecule has 1 saturated heterocycles. The molecule has 1 aromatic carbocycles. The van der Waals surface area contributed by atoms with E-state index < -0.39 is 9.84 Å². The van der Waals surface area contributed by atoms with Crippen molar-refractivity contribution in [3.8, 4) is 0 Å². The Morgan fingerprint density at radius 1 is 1.17 bits per heavy atom. The summed E-state index contributed by atoms with van der Waals surface area (Å²) < 4.78 is 22.7. The molecule has 0 aliphatic carbocycles. The van der Waals surface area contributed by atoms with Crippen molar-refractivity contribution >= 4 is 15.5 Å². The molecule has 0 radical (unpaired) electrons. The second kappa shape index (κ2) is 5.71. The zero-order chi connectivity index (χ0) is 13.0. The Morgan fingerprint density at radius 2 is 1.89 bits per heavy atom. The predicted molar refractivity (Wildman–Crippen MR) is 73.7 cm³/mol. The van der Waals surface area contributed by atoms with Crippen LogP contribution in [0, 0.1) is 0 Å². The number of benzene rings is 1. The molecule has 18 heavy (non-hydrogen) atoms. The molecule has 4 nitrogen and oxygen atoms in total. The Morgan fingerprint density at radius 3 is 2.56 bits per heavy atom. The SMILES string of the molecule is CS(=O)(=O)c1ccc(NC2CCCNCC2)cc1. The molecule has 2 N–H and O–H groups in total. The van der Waals surface area contributed by atoms with Crippen LogP contribution in [0.2, 0.25) is 0 Å². The van der Waals surface area contributed by atoms with Gasteiger partial charge >= 0.3 is 0 Å². The van der Waals surface area contributed by atoms with E-state index in [-0.39, 0.29) is 0 Å². The molecule has 1 unspecified atom stereocenters. The molecular formula is C13H20N2O2S. The Bertz CT molecular complexity index is 474. The number of rotatable bonds is 3. The average molecular weight is 268 g/mol. The van der Waals surface area contributed by atoms with Gasteiger partial charge in [-0.25, -0.2) is 8.42 Å². The summed E-state index contributed by atoms with van der Waals surface area (Å²) in [7, 11) is -3.10. The quantitative estimate of drug-likeness (QED) is 0.875. The standard InChI is InChI=1S/C13H20N2O2S/c1-18(16,17)13-6-4-12(5-7-13)15-11-3-2-9-14-10-8-11/h4-7,11,14-15H,2-3,8-10H2,1H3. The highest BCUT2D eigenvalue weighted by Gasteiger charge is 2.12. The zero-order valence-corrected chi connectivity index (χ0v) is 11.5. The number of nitrogens with one attached hydrogen (secondary N) is 2. The number of hydrogen-bond acceptors (Lipinski definition) is 4. The third-order valence-corrected chi connectivity index (χ3v) is 4.36. The van der Waals surface area contributed by atoms with Gasteiger partial charge in [-0.05, 0) is 56.6 Å². The molecule has 2 rings (SSSR count). The minimum absolute atomic E-state index is 0.371. The summed E-state index contributed by atoms with van der Waals surface area (Å²) >= 11 is 0. The van der Waals surface area contributed by atoms with E-state index in [2.05, 4.69) is 10.6 Å². The molecule has 0 saturated carbocycles. The summed E-state index contributed by atoms with van der Waals surface area (Å²) in [5, 5.41) is 6.84. The highest BCUT2D eigenvalue weighted by Crippen LogP contribution is 2.17. The monoisotopic (exact) mass is 268 g/mol. The van der Waals surface area contributed by atoms with Gasteiger partial charge in [0.05, 0.1) is 4.90 Å². The summed E-state index contributed by atoms with van der Waals surface area (Å²) in [6.07, 6.45) is 4.67. The maximum Gasteiger partial charge on any atom is 0.175 e. The third kappa shape index (κ3) is 3.71. The zero-order valence-electron chi connectivity index (χ0n) is 10.6. The fourth-order valence-corrected chi connectivity index (χ4v) is 2.83. The minimum Gasteiger partial charge on any atom is -0.382 e. The molecule has 0 bridgehead atoms. The van der Waals surface area contributed by atoms with Crippen LogP contribution in [0.1, 0.15) is 19.3 Å². The van der Waals surface area contributed by atoms with Crippen LogP contribution in [-0.2, 0) is 9.84 Å². The molecule has 0 aromatic heterocycles. The van der Waals surface area contributed by atoms with Gasteiger partial charge < -0.3 is 10.6 Å². The normalized spacial score (nSPS) is 21.3. The van der Waals surface area contributed by atoms with Gasteiger partial charge in [0.2, 0.25) is 0 Å². The van der Waals surface area contributed by atoms with Crippen molar-refractivity contribution in [2.45, 2.75) is 30.2 Å². The first-order valence-corrected chi connectivity index (χ1v) is 8.22. The molecule has 5 heteroatoms. The van der Waals surface area contributed by atoms with E-state index >= 15 is 0 Å². The van der Waals surface area contributed by atoms with Gasteiger partial charge in [0.15, 0.2) is 9.84 Å². The summed E-state index contributed by atoms with van der Waals surface area (Å²) in [6.45, 7) is 2.13. The molecule has 0 amide bonds. The molecule has 1 fully saturated rings. The van der Waals surface area contributed by atoms with Crippen LogP contribution in [0.15, 0.2) is 29.2 Å². The van der Waals surface area contributed by atoms with Gasteiger partial charge in [-0.1, -0.05) is 0 Å². The first-order chi connectivity index (χ1) is 8.55. The van der Waals surface area contributed by atoms with Gasteiger partial charge in [-0.15, -0.1) is 0 Å². The van der Waals surface area contributed by atoms with Crippen molar-refractivity contribution in [3.63, 3.8) is 0 Å². The van der Waals surface area contributed by atoms with Gasteiger partial charge in [0.1, 0.15) is 0 Å². The van der Waals surface area contributed by atoms with E-state index in [1.165, 1.54) is 12.7 Å². The van der Waals surface area contributed by atoms with Gasteiger partial charge in [-0.2, -0.15) is 0 Å². The highest BCUT2D eigenvalue weighted by atomic mass is 32.2. The third-order valence-electron chi connectivity index (χ3n) is 3.23. The van der Waals surface area contributed by atoms with E-state index in [1.54, 1.807) is 12.1 Å². The molecule has 1 aliphatic heterocycles. The van der Waals surface area contributed by atoms with Crippen molar-refractivity contribution in [3.05, 3.63) is 24.3 Å². The number of anilines is 1. The Labute approximate surface area is 109 Å². The highest BCUT2D eigenvalue weighted by molar-refractivity contribution is 7.90. The van der Waals surface area contributed by atoms with E-state index in [9.17, 15) is 8.42 Å². The van der Waals surface area contributed by atoms with Crippen molar-refractivity contribution < 1.29 is 8.42 Å². The van der Waals surface area contributed by atoms with Gasteiger partial charge in [0.25, 0.3) is 0 Å². The van der Waals surface area contributed by atoms with Crippen molar-refractivity contribution in [1.82, 2.24) is 5.32 Å². The summed E-state index contributed by atoms with van der Waals surface area (Å²) in [4.78, 5) is 0.371. The first kappa shape index (κ1) is 13.4. The van der Waals surface area contributed by atoms with Gasteiger partial charge in [0, 0.05) is 18.0 Å². The molecule has 1 atom stereocenters. The fourth-order valence-electron chi connectivity index (χ4n) is 2.20. The van der Waals surface area contributed by atoms with E-state index in [1.807, 2.05) is 12.1 Å². The number of sulfone groups is 1. The minimum atomic E-state index is -3.10. The lowest BCUT2D eigenvalue weighted by molar-refractivity contribution is 0.602. The molecule has 100 valence electrons. The smallest absolute Gasteiger partial charge is 0.175 e. The van der Waals surface area contributed by atoms with E-state index in [0.29, 0.717) is 10.9 Å². The van der Waals surface area contributed by atoms with Crippen molar-refractivity contribution in [1.29, 1.82) is 0 Å². The molecule has 1 heterocycles. The van der Waals surface area contributed by atoms with Crippen LogP contribution in [-0.4, -0.2) is 33.8 Å². The first-order valence-electron chi connectivity index (χ1n) is 6.33. The van der Waals surface area contributed by atoms with Crippen LogP contribution in [0.25, 0.3) is 0 Å². The Balaban J connectivity index is 2.01. The van der Waals surface area contributed by atoms with Crippen LogP contribution < -0.4 is 10.6 Å². The maximum absolute atomic E-state index is 11.4. The van der Waals surface area contributed by atoms with Crippen LogP contribution in [0.3, 0.4) is 0 Å². The van der Waals surface area contributed by atoms with E-state index in [4.69, 9.17) is 0 Å².